The molecule has 1 unspecified atom stereocenters. The van der Waals surface area contributed by atoms with Gasteiger partial charge in [-0.2, -0.15) is 4.31 Å². The standard InChI is InChI=1S/C35H42N4O8S.2ClH/c1-24-8-6-7-9-28(24)35(47-34(41)38-20-18-37(19-21-38)25-14-16-36(2)17-15-25)29-22-26(44-3)10-12-30(29)39(33(35)40)48(42,43)32-13-11-27(45-4)23-31(32)46-5;;/h6-13,22-23,25H,14-21H2,1-5H3;2*1H. The number of anilines is 1. The molecule has 2 fully saturated rings. The minimum Gasteiger partial charge on any atom is -0.497 e. The number of sulfonamides is 1. The Bertz CT molecular complexity index is 1810. The third-order valence-electron chi connectivity index (χ3n) is 9.72. The fraction of sp³-hybridized carbons (Fsp3) is 0.429. The summed E-state index contributed by atoms with van der Waals surface area (Å²) < 4.78 is 52.4. The van der Waals surface area contributed by atoms with Crippen molar-refractivity contribution in [1.29, 1.82) is 0 Å². The Balaban J connectivity index is 0.00000281. The molecule has 0 spiro atoms. The molecule has 3 aliphatic rings. The number of hydrogen-bond donors (Lipinski definition) is 0. The number of likely N-dealkylation sites (tertiary alicyclic amines) is 1. The Hall–Kier alpha value is -3.75. The quantitative estimate of drug-likeness (QED) is 0.321. The van der Waals surface area contributed by atoms with E-state index in [0.29, 0.717) is 59.2 Å². The maximum Gasteiger partial charge on any atom is 0.411 e. The molecule has 1 atom stereocenters. The van der Waals surface area contributed by atoms with E-state index in [9.17, 15) is 13.2 Å². The molecule has 12 nitrogen and oxygen atoms in total. The van der Waals surface area contributed by atoms with E-state index >= 15 is 4.79 Å². The lowest BCUT2D eigenvalue weighted by Crippen LogP contribution is -2.55. The SMILES string of the molecule is COc1ccc(S(=O)(=O)N2C(=O)C(OC(=O)N3CCN(C4CCN(C)CC4)CC3)(c3ccccc3C)c3cc(OC)ccc32)c(OC)c1.Cl.Cl. The molecular formula is C35H44Cl2N4O8S. The molecule has 0 aromatic heterocycles. The number of carbonyl (C=O) groups excluding carboxylic acids is 2. The summed E-state index contributed by atoms with van der Waals surface area (Å²) in [6, 6.07) is 16.3. The van der Waals surface area contributed by atoms with Crippen LogP contribution in [0.5, 0.6) is 17.2 Å². The van der Waals surface area contributed by atoms with Crippen LogP contribution >= 0.6 is 24.8 Å². The molecule has 272 valence electrons. The van der Waals surface area contributed by atoms with Gasteiger partial charge >= 0.3 is 6.09 Å². The highest BCUT2D eigenvalue weighted by molar-refractivity contribution is 7.93. The summed E-state index contributed by atoms with van der Waals surface area (Å²) in [5.41, 5.74) is -0.926. The highest BCUT2D eigenvalue weighted by Crippen LogP contribution is 2.52. The first kappa shape index (κ1) is 39.0. The van der Waals surface area contributed by atoms with Crippen molar-refractivity contribution in [2.75, 3.05) is 72.0 Å². The Morgan fingerprint density at radius 2 is 1.42 bits per heavy atom. The number of piperidine rings is 1. The topological polar surface area (TPSA) is 118 Å². The van der Waals surface area contributed by atoms with Crippen LogP contribution in [-0.2, 0) is 25.2 Å². The van der Waals surface area contributed by atoms with Gasteiger partial charge in [0.1, 0.15) is 22.1 Å². The van der Waals surface area contributed by atoms with Crippen molar-refractivity contribution in [2.45, 2.75) is 36.3 Å². The van der Waals surface area contributed by atoms with Crippen LogP contribution < -0.4 is 18.5 Å². The van der Waals surface area contributed by atoms with Crippen LogP contribution in [-0.4, -0.2) is 109 Å². The van der Waals surface area contributed by atoms with E-state index in [1.54, 1.807) is 48.2 Å². The van der Waals surface area contributed by atoms with Gasteiger partial charge in [0, 0.05) is 49.4 Å². The van der Waals surface area contributed by atoms with Crippen molar-refractivity contribution in [3.05, 3.63) is 77.4 Å². The maximum absolute atomic E-state index is 15.0. The van der Waals surface area contributed by atoms with Crippen LogP contribution in [0.1, 0.15) is 29.5 Å². The second-order valence-corrected chi connectivity index (χ2v) is 14.2. The first-order chi connectivity index (χ1) is 23.0. The molecule has 3 aromatic rings. The number of carbonyl (C=O) groups is 2. The lowest BCUT2D eigenvalue weighted by Gasteiger charge is -2.42. The van der Waals surface area contributed by atoms with Gasteiger partial charge in [0.2, 0.25) is 5.60 Å². The van der Waals surface area contributed by atoms with Crippen molar-refractivity contribution in [3.8, 4) is 17.2 Å². The fourth-order valence-corrected chi connectivity index (χ4v) is 8.60. The van der Waals surface area contributed by atoms with Gasteiger partial charge in [-0.05, 0) is 75.8 Å². The molecule has 3 heterocycles. The van der Waals surface area contributed by atoms with Crippen LogP contribution in [0.15, 0.2) is 65.6 Å². The monoisotopic (exact) mass is 750 g/mol. The van der Waals surface area contributed by atoms with E-state index in [1.165, 1.54) is 45.6 Å². The van der Waals surface area contributed by atoms with Gasteiger partial charge in [-0.3, -0.25) is 9.69 Å². The Labute approximate surface area is 306 Å². The fourth-order valence-electron chi connectivity index (χ4n) is 7.00. The number of ether oxygens (including phenoxy) is 4. The summed E-state index contributed by atoms with van der Waals surface area (Å²) in [5.74, 6) is -0.215. The van der Waals surface area contributed by atoms with Crippen molar-refractivity contribution in [2.24, 2.45) is 0 Å². The maximum atomic E-state index is 15.0. The third-order valence-corrected chi connectivity index (χ3v) is 11.5. The van der Waals surface area contributed by atoms with Crippen LogP contribution in [0, 0.1) is 6.92 Å². The number of halogens is 2. The van der Waals surface area contributed by atoms with Gasteiger partial charge in [-0.1, -0.05) is 24.3 Å². The number of amides is 2. The minimum atomic E-state index is -4.62. The third kappa shape index (κ3) is 6.81. The summed E-state index contributed by atoms with van der Waals surface area (Å²) in [4.78, 5) is 35.3. The largest absolute Gasteiger partial charge is 0.497 e. The van der Waals surface area contributed by atoms with E-state index in [1.807, 2.05) is 0 Å². The molecule has 0 bridgehead atoms. The molecule has 2 amide bonds. The average Bonchev–Trinajstić information content (AvgIpc) is 3.35. The van der Waals surface area contributed by atoms with E-state index in [4.69, 9.17) is 18.9 Å². The molecule has 0 aliphatic carbocycles. The zero-order valence-electron chi connectivity index (χ0n) is 28.8. The van der Waals surface area contributed by atoms with Gasteiger partial charge in [0.25, 0.3) is 15.9 Å². The second kappa shape index (κ2) is 15.6. The Morgan fingerprint density at radius 1 is 0.800 bits per heavy atom. The average molecular weight is 752 g/mol. The zero-order valence-corrected chi connectivity index (χ0v) is 31.2. The van der Waals surface area contributed by atoms with E-state index < -0.39 is 27.6 Å². The number of rotatable bonds is 8. The summed E-state index contributed by atoms with van der Waals surface area (Å²) in [7, 11) is 1.78. The van der Waals surface area contributed by atoms with Gasteiger partial charge < -0.3 is 28.7 Å². The molecule has 2 saturated heterocycles. The number of methoxy groups -OCH3 is 3. The number of piperazine rings is 1. The predicted molar refractivity (Wildman–Crippen MR) is 194 cm³/mol. The van der Waals surface area contributed by atoms with Gasteiger partial charge in [-0.15, -0.1) is 24.8 Å². The van der Waals surface area contributed by atoms with Crippen LogP contribution in [0.4, 0.5) is 10.5 Å². The molecule has 0 radical (unpaired) electrons. The van der Waals surface area contributed by atoms with Crippen LogP contribution in [0.2, 0.25) is 0 Å². The second-order valence-electron chi connectivity index (χ2n) is 12.4. The highest BCUT2D eigenvalue weighted by atomic mass is 35.5. The van der Waals surface area contributed by atoms with E-state index in [0.717, 1.165) is 25.9 Å². The van der Waals surface area contributed by atoms with Crippen LogP contribution in [0.25, 0.3) is 0 Å². The van der Waals surface area contributed by atoms with Crippen molar-refractivity contribution >= 4 is 52.5 Å². The summed E-state index contributed by atoms with van der Waals surface area (Å²) in [5, 5.41) is 0. The number of fused-ring (bicyclic) bond motifs is 1. The summed E-state index contributed by atoms with van der Waals surface area (Å²) in [6.45, 7) is 6.06. The molecule has 3 aliphatic heterocycles. The molecule has 15 heteroatoms. The highest BCUT2D eigenvalue weighted by Gasteiger charge is 2.60. The van der Waals surface area contributed by atoms with Gasteiger partial charge in [0.15, 0.2) is 0 Å². The normalized spacial score (nSPS) is 20.0. The summed E-state index contributed by atoms with van der Waals surface area (Å²) in [6.07, 6.45) is 1.45. The lowest BCUT2D eigenvalue weighted by atomic mass is 9.84. The number of benzene rings is 3. The van der Waals surface area contributed by atoms with Gasteiger partial charge in [0.05, 0.1) is 27.0 Å². The smallest absolute Gasteiger partial charge is 0.411 e. The Morgan fingerprint density at radius 3 is 2.04 bits per heavy atom. The number of aryl methyl sites for hydroxylation is 1. The van der Waals surface area contributed by atoms with E-state index in [-0.39, 0.29) is 46.7 Å². The molecular weight excluding hydrogens is 707 g/mol. The molecule has 50 heavy (non-hydrogen) atoms. The predicted octanol–water partition coefficient (Wildman–Crippen LogP) is 4.69. The summed E-state index contributed by atoms with van der Waals surface area (Å²) >= 11 is 0. The number of nitrogens with zero attached hydrogens (tertiary/aromatic N) is 4. The van der Waals surface area contributed by atoms with Gasteiger partial charge in [-0.25, -0.2) is 13.2 Å². The molecule has 6 rings (SSSR count). The molecule has 3 aromatic carbocycles. The van der Waals surface area contributed by atoms with Crippen molar-refractivity contribution < 1.29 is 37.0 Å². The molecule has 0 saturated carbocycles. The first-order valence-electron chi connectivity index (χ1n) is 16.0. The minimum absolute atomic E-state index is 0. The van der Waals surface area contributed by atoms with Crippen LogP contribution in [0.3, 0.4) is 0 Å². The zero-order chi connectivity index (χ0) is 34.2. The van der Waals surface area contributed by atoms with E-state index in [2.05, 4.69) is 16.8 Å². The first-order valence-corrected chi connectivity index (χ1v) is 17.5. The number of hydrogen-bond acceptors (Lipinski definition) is 10. The van der Waals surface area contributed by atoms with Crippen molar-refractivity contribution in [1.82, 2.24) is 14.7 Å². The lowest BCUT2D eigenvalue weighted by molar-refractivity contribution is -0.132. The van der Waals surface area contributed by atoms with Crippen molar-refractivity contribution in [3.63, 3.8) is 0 Å². The molecule has 0 N–H and O–H groups in total. The Kier molecular flexibility index (Phi) is 12.2.